The van der Waals surface area contributed by atoms with Crippen LogP contribution in [0.5, 0.6) is 0 Å². The molecule has 1 N–H and O–H groups in total. The summed E-state index contributed by atoms with van der Waals surface area (Å²) in [5.41, 5.74) is 0.711. The fourth-order valence-electron chi connectivity index (χ4n) is 2.08. The van der Waals surface area contributed by atoms with Crippen LogP contribution in [0, 0.1) is 5.82 Å². The van der Waals surface area contributed by atoms with Gasteiger partial charge in [0.05, 0.1) is 4.91 Å². The highest BCUT2D eigenvalue weighted by atomic mass is 32.2. The van der Waals surface area contributed by atoms with Crippen molar-refractivity contribution in [1.29, 1.82) is 0 Å². The van der Waals surface area contributed by atoms with Gasteiger partial charge in [-0.2, -0.15) is 0 Å². The molecule has 2 heterocycles. The molecule has 5 nitrogen and oxygen atoms in total. The number of nitrogens with zero attached hydrogens (tertiary/aromatic N) is 2. The van der Waals surface area contributed by atoms with Crippen LogP contribution in [0.2, 0.25) is 0 Å². The van der Waals surface area contributed by atoms with E-state index in [1.54, 1.807) is 29.8 Å². The summed E-state index contributed by atoms with van der Waals surface area (Å²) in [5.74, 6) is -0.816. The van der Waals surface area contributed by atoms with Gasteiger partial charge in [0.2, 0.25) is 5.91 Å². The van der Waals surface area contributed by atoms with Gasteiger partial charge < -0.3 is 5.32 Å². The number of aromatic nitrogens is 1. The van der Waals surface area contributed by atoms with Gasteiger partial charge >= 0.3 is 0 Å². The summed E-state index contributed by atoms with van der Waals surface area (Å²) in [7, 11) is 0. The fraction of sp³-hybridized carbons (Fsp3) is 0.125. The normalized spacial score (nSPS) is 15.9. The molecule has 9 heteroatoms. The third-order valence-electron chi connectivity index (χ3n) is 3.28. The molecule has 1 fully saturated rings. The van der Waals surface area contributed by atoms with Crippen LogP contribution in [0.15, 0.2) is 40.7 Å². The van der Waals surface area contributed by atoms with Crippen LogP contribution in [0.3, 0.4) is 0 Å². The number of hydrogen-bond acceptors (Lipinski definition) is 6. The van der Waals surface area contributed by atoms with Crippen LogP contribution in [0.1, 0.15) is 12.0 Å². The molecule has 0 unspecified atom stereocenters. The number of nitrogens with one attached hydrogen (secondary N) is 1. The Morgan fingerprint density at radius 1 is 1.36 bits per heavy atom. The molecule has 3 rings (SSSR count). The highest BCUT2D eigenvalue weighted by molar-refractivity contribution is 8.26. The maximum absolute atomic E-state index is 12.9. The van der Waals surface area contributed by atoms with E-state index < -0.39 is 0 Å². The lowest BCUT2D eigenvalue weighted by molar-refractivity contribution is -0.122. The Kier molecular flexibility index (Phi) is 5.57. The molecule has 1 aliphatic rings. The van der Waals surface area contributed by atoms with Crippen LogP contribution in [-0.2, 0) is 9.59 Å². The van der Waals surface area contributed by atoms with E-state index in [0.717, 1.165) is 0 Å². The van der Waals surface area contributed by atoms with E-state index in [0.29, 0.717) is 19.9 Å². The minimum atomic E-state index is -0.337. The topological polar surface area (TPSA) is 62.3 Å². The zero-order valence-electron chi connectivity index (χ0n) is 12.8. The van der Waals surface area contributed by atoms with E-state index in [4.69, 9.17) is 12.2 Å². The molecule has 0 radical (unpaired) electrons. The third-order valence-corrected chi connectivity index (χ3v) is 5.35. The predicted molar refractivity (Wildman–Crippen MR) is 102 cm³/mol. The largest absolute Gasteiger partial charge is 0.302 e. The van der Waals surface area contributed by atoms with Gasteiger partial charge in [0.1, 0.15) is 10.1 Å². The Bertz CT molecular complexity index is 835. The molecule has 2 aromatic rings. The molecule has 1 aromatic heterocycles. The van der Waals surface area contributed by atoms with E-state index in [1.807, 2.05) is 0 Å². The summed E-state index contributed by atoms with van der Waals surface area (Å²) < 4.78 is 13.4. The predicted octanol–water partition coefficient (Wildman–Crippen LogP) is 3.51. The molecule has 1 saturated heterocycles. The molecule has 0 atom stereocenters. The Morgan fingerprint density at radius 2 is 2.12 bits per heavy atom. The van der Waals surface area contributed by atoms with Crippen molar-refractivity contribution in [2.45, 2.75) is 6.42 Å². The Morgan fingerprint density at radius 3 is 2.80 bits per heavy atom. The zero-order chi connectivity index (χ0) is 17.8. The first-order valence-electron chi connectivity index (χ1n) is 7.23. The number of carbonyl (C=O) groups is 2. The second-order valence-corrected chi connectivity index (χ2v) is 7.59. The van der Waals surface area contributed by atoms with Gasteiger partial charge in [-0.05, 0) is 23.8 Å². The molecule has 0 aliphatic carbocycles. The number of benzene rings is 1. The number of halogens is 1. The molecule has 1 aromatic carbocycles. The molecule has 25 heavy (non-hydrogen) atoms. The molecule has 2 amide bonds. The lowest BCUT2D eigenvalue weighted by Crippen LogP contribution is -2.31. The fourth-order valence-corrected chi connectivity index (χ4v) is 3.94. The zero-order valence-corrected chi connectivity index (χ0v) is 15.2. The van der Waals surface area contributed by atoms with Crippen molar-refractivity contribution in [3.8, 4) is 0 Å². The highest BCUT2D eigenvalue weighted by Gasteiger charge is 2.32. The average molecular weight is 393 g/mol. The summed E-state index contributed by atoms with van der Waals surface area (Å²) in [6, 6.07) is 5.83. The van der Waals surface area contributed by atoms with Crippen molar-refractivity contribution >= 4 is 62.7 Å². The monoisotopic (exact) mass is 393 g/mol. The SMILES string of the molecule is O=C(CCN1C(=O)/C(=C/c2ccc(F)cc2)SC1=S)Nc1nccs1. The first kappa shape index (κ1) is 17.7. The van der Waals surface area contributed by atoms with Crippen molar-refractivity contribution in [3.05, 3.63) is 52.1 Å². The van der Waals surface area contributed by atoms with Crippen LogP contribution >= 0.6 is 35.3 Å². The Labute approximate surface area is 156 Å². The summed E-state index contributed by atoms with van der Waals surface area (Å²) in [6.45, 7) is 0.197. The van der Waals surface area contributed by atoms with E-state index in [1.165, 1.54) is 40.1 Å². The van der Waals surface area contributed by atoms with Crippen LogP contribution < -0.4 is 5.32 Å². The summed E-state index contributed by atoms with van der Waals surface area (Å²) >= 11 is 7.72. The maximum atomic E-state index is 12.9. The van der Waals surface area contributed by atoms with Crippen LogP contribution in [0.25, 0.3) is 6.08 Å². The lowest BCUT2D eigenvalue weighted by atomic mass is 10.2. The number of thioether (sulfide) groups is 1. The molecule has 128 valence electrons. The van der Waals surface area contributed by atoms with Gasteiger partial charge in [-0.3, -0.25) is 14.5 Å². The molecule has 0 bridgehead atoms. The minimum Gasteiger partial charge on any atom is -0.302 e. The number of thiocarbonyl (C=S) groups is 1. The van der Waals surface area contributed by atoms with E-state index in [2.05, 4.69) is 10.3 Å². The van der Waals surface area contributed by atoms with Crippen LogP contribution in [-0.4, -0.2) is 32.6 Å². The van der Waals surface area contributed by atoms with Gasteiger partial charge in [0.25, 0.3) is 5.91 Å². The number of rotatable bonds is 5. The Balaban J connectivity index is 1.61. The third kappa shape index (κ3) is 4.50. The number of amides is 2. The van der Waals surface area contributed by atoms with Crippen molar-refractivity contribution in [2.24, 2.45) is 0 Å². The quantitative estimate of drug-likeness (QED) is 0.622. The summed E-state index contributed by atoms with van der Waals surface area (Å²) in [6.07, 6.45) is 3.38. The highest BCUT2D eigenvalue weighted by Crippen LogP contribution is 2.32. The average Bonchev–Trinajstić information content (AvgIpc) is 3.17. The number of hydrogen-bond donors (Lipinski definition) is 1. The number of thiazole rings is 1. The van der Waals surface area contributed by atoms with Crippen molar-refractivity contribution < 1.29 is 14.0 Å². The van der Waals surface area contributed by atoms with Gasteiger partial charge in [0.15, 0.2) is 5.13 Å². The van der Waals surface area contributed by atoms with Crippen molar-refractivity contribution in [1.82, 2.24) is 9.88 Å². The second-order valence-electron chi connectivity index (χ2n) is 5.02. The number of anilines is 1. The van der Waals surface area contributed by atoms with Crippen molar-refractivity contribution in [2.75, 3.05) is 11.9 Å². The van der Waals surface area contributed by atoms with Gasteiger partial charge in [-0.25, -0.2) is 9.37 Å². The van der Waals surface area contributed by atoms with Crippen molar-refractivity contribution in [3.63, 3.8) is 0 Å². The van der Waals surface area contributed by atoms with E-state index in [9.17, 15) is 14.0 Å². The second kappa shape index (κ2) is 7.85. The van der Waals surface area contributed by atoms with Gasteiger partial charge in [0, 0.05) is 24.5 Å². The summed E-state index contributed by atoms with van der Waals surface area (Å²) in [5, 5.41) is 4.94. The summed E-state index contributed by atoms with van der Waals surface area (Å²) in [4.78, 5) is 30.2. The molecule has 1 aliphatic heterocycles. The molecular formula is C16H12FN3O2S3. The van der Waals surface area contributed by atoms with Gasteiger partial charge in [-0.15, -0.1) is 11.3 Å². The molecule has 0 spiro atoms. The van der Waals surface area contributed by atoms with Gasteiger partial charge in [-0.1, -0.05) is 36.1 Å². The maximum Gasteiger partial charge on any atom is 0.266 e. The molecular weight excluding hydrogens is 381 g/mol. The van der Waals surface area contributed by atoms with E-state index >= 15 is 0 Å². The Hall–Kier alpha value is -2.10. The lowest BCUT2D eigenvalue weighted by Gasteiger charge is -2.13. The standard InChI is InChI=1S/C16H12FN3O2S3/c17-11-3-1-10(2-4-11)9-12-14(22)20(16(23)25-12)7-5-13(21)19-15-18-6-8-24-15/h1-4,6,8-9H,5,7H2,(H,18,19,21)/b12-9-. The van der Waals surface area contributed by atoms with Crippen LogP contribution in [0.4, 0.5) is 9.52 Å². The minimum absolute atomic E-state index is 0.121. The first-order valence-corrected chi connectivity index (χ1v) is 9.33. The van der Waals surface area contributed by atoms with E-state index in [-0.39, 0.29) is 30.6 Å². The molecule has 0 saturated carbocycles. The smallest absolute Gasteiger partial charge is 0.266 e. The number of carbonyl (C=O) groups excluding carboxylic acids is 2. The first-order chi connectivity index (χ1) is 12.0.